The highest BCUT2D eigenvalue weighted by Crippen LogP contribution is 2.27. The van der Waals surface area contributed by atoms with E-state index in [-0.39, 0.29) is 5.91 Å². The van der Waals surface area contributed by atoms with Gasteiger partial charge in [0.25, 0.3) is 5.91 Å². The summed E-state index contributed by atoms with van der Waals surface area (Å²) in [5.41, 5.74) is 1.54. The molecule has 0 bridgehead atoms. The van der Waals surface area contributed by atoms with Gasteiger partial charge in [0.15, 0.2) is 11.5 Å². The highest BCUT2D eigenvalue weighted by molar-refractivity contribution is 5.93. The van der Waals surface area contributed by atoms with Crippen LogP contribution in [0.5, 0.6) is 11.5 Å². The molecule has 2 aromatic rings. The van der Waals surface area contributed by atoms with Gasteiger partial charge in [-0.2, -0.15) is 0 Å². The normalized spacial score (nSPS) is 14.0. The number of nitrogens with one attached hydrogen (secondary N) is 1. The first-order valence-corrected chi connectivity index (χ1v) is 8.77. The molecule has 0 radical (unpaired) electrons. The van der Waals surface area contributed by atoms with Crippen molar-refractivity contribution in [1.29, 1.82) is 0 Å². The third-order valence-corrected chi connectivity index (χ3v) is 4.44. The van der Waals surface area contributed by atoms with Gasteiger partial charge >= 0.3 is 0 Å². The van der Waals surface area contributed by atoms with Crippen LogP contribution in [0.1, 0.15) is 35.2 Å². The SMILES string of the molecule is COc1ccc(CNc2ncc(C(=O)N3CCCCC3)cn2)cc1OC. The third kappa shape index (κ3) is 4.22. The van der Waals surface area contributed by atoms with Crippen molar-refractivity contribution in [2.24, 2.45) is 0 Å². The molecule has 1 saturated heterocycles. The van der Waals surface area contributed by atoms with E-state index in [9.17, 15) is 4.79 Å². The monoisotopic (exact) mass is 356 g/mol. The quantitative estimate of drug-likeness (QED) is 0.858. The predicted octanol–water partition coefficient (Wildman–Crippen LogP) is 2.73. The van der Waals surface area contributed by atoms with Crippen LogP contribution in [0.3, 0.4) is 0 Å². The molecule has 138 valence electrons. The summed E-state index contributed by atoms with van der Waals surface area (Å²) in [6, 6.07) is 5.71. The van der Waals surface area contributed by atoms with Crippen molar-refractivity contribution in [3.05, 3.63) is 41.7 Å². The minimum Gasteiger partial charge on any atom is -0.493 e. The largest absolute Gasteiger partial charge is 0.493 e. The smallest absolute Gasteiger partial charge is 0.256 e. The Kier molecular flexibility index (Phi) is 5.88. The van der Waals surface area contributed by atoms with Gasteiger partial charge in [0.2, 0.25) is 5.95 Å². The van der Waals surface area contributed by atoms with E-state index in [2.05, 4.69) is 15.3 Å². The Hall–Kier alpha value is -2.83. The lowest BCUT2D eigenvalue weighted by Crippen LogP contribution is -2.35. The van der Waals surface area contributed by atoms with Crippen molar-refractivity contribution < 1.29 is 14.3 Å². The molecule has 0 unspecified atom stereocenters. The fourth-order valence-corrected chi connectivity index (χ4v) is 2.98. The third-order valence-electron chi connectivity index (χ3n) is 4.44. The average Bonchev–Trinajstić information content (AvgIpc) is 2.72. The first-order chi connectivity index (χ1) is 12.7. The van der Waals surface area contributed by atoms with Gasteiger partial charge in [-0.25, -0.2) is 9.97 Å². The van der Waals surface area contributed by atoms with E-state index in [0.29, 0.717) is 29.6 Å². The minimum absolute atomic E-state index is 0.0103. The van der Waals surface area contributed by atoms with Gasteiger partial charge < -0.3 is 19.7 Å². The van der Waals surface area contributed by atoms with Crippen molar-refractivity contribution in [2.75, 3.05) is 32.6 Å². The Balaban J connectivity index is 1.60. The number of carbonyl (C=O) groups excluding carboxylic acids is 1. The van der Waals surface area contributed by atoms with E-state index in [1.165, 1.54) is 6.42 Å². The molecular formula is C19H24N4O3. The number of piperidine rings is 1. The lowest BCUT2D eigenvalue weighted by Gasteiger charge is -2.26. The molecule has 3 rings (SSSR count). The van der Waals surface area contributed by atoms with Gasteiger partial charge in [0, 0.05) is 32.0 Å². The number of ether oxygens (including phenoxy) is 2. The molecule has 0 spiro atoms. The molecule has 1 N–H and O–H groups in total. The van der Waals surface area contributed by atoms with Gasteiger partial charge in [-0.05, 0) is 37.0 Å². The van der Waals surface area contributed by atoms with Crippen molar-refractivity contribution in [3.8, 4) is 11.5 Å². The summed E-state index contributed by atoms with van der Waals surface area (Å²) < 4.78 is 10.5. The van der Waals surface area contributed by atoms with Crippen LogP contribution >= 0.6 is 0 Å². The van der Waals surface area contributed by atoms with Gasteiger partial charge in [-0.1, -0.05) is 6.07 Å². The number of rotatable bonds is 6. The summed E-state index contributed by atoms with van der Waals surface area (Å²) in [4.78, 5) is 22.8. The maximum absolute atomic E-state index is 12.4. The first-order valence-electron chi connectivity index (χ1n) is 8.77. The number of likely N-dealkylation sites (tertiary alicyclic amines) is 1. The van der Waals surface area contributed by atoms with Crippen LogP contribution < -0.4 is 14.8 Å². The standard InChI is InChI=1S/C19H24N4O3/c1-25-16-7-6-14(10-17(16)26-2)11-20-19-21-12-15(13-22-19)18(24)23-8-4-3-5-9-23/h6-7,10,12-13H,3-5,8-9,11H2,1-2H3,(H,20,21,22). The number of benzene rings is 1. The number of methoxy groups -OCH3 is 2. The van der Waals surface area contributed by atoms with Crippen molar-refractivity contribution in [2.45, 2.75) is 25.8 Å². The van der Waals surface area contributed by atoms with Crippen LogP contribution in [0.2, 0.25) is 0 Å². The Morgan fingerprint density at radius 3 is 2.42 bits per heavy atom. The predicted molar refractivity (Wildman–Crippen MR) is 98.7 cm³/mol. The lowest BCUT2D eigenvalue weighted by atomic mass is 10.1. The molecule has 0 atom stereocenters. The molecule has 2 heterocycles. The molecule has 1 aliphatic rings. The van der Waals surface area contributed by atoms with E-state index >= 15 is 0 Å². The minimum atomic E-state index is 0.0103. The molecule has 26 heavy (non-hydrogen) atoms. The summed E-state index contributed by atoms with van der Waals surface area (Å²) in [5, 5.41) is 3.15. The maximum Gasteiger partial charge on any atom is 0.256 e. The summed E-state index contributed by atoms with van der Waals surface area (Å²) in [6.45, 7) is 2.18. The molecule has 1 fully saturated rings. The van der Waals surface area contributed by atoms with E-state index in [0.717, 1.165) is 31.5 Å². The fraction of sp³-hybridized carbons (Fsp3) is 0.421. The number of carbonyl (C=O) groups is 1. The molecule has 1 amide bonds. The number of hydrogen-bond donors (Lipinski definition) is 1. The Labute approximate surface area is 153 Å². The van der Waals surface area contributed by atoms with E-state index in [1.807, 2.05) is 23.1 Å². The van der Waals surface area contributed by atoms with Crippen LogP contribution in [-0.2, 0) is 6.54 Å². The van der Waals surface area contributed by atoms with Gasteiger partial charge in [0.1, 0.15) is 0 Å². The Bertz CT molecular complexity index is 743. The summed E-state index contributed by atoms with van der Waals surface area (Å²) >= 11 is 0. The lowest BCUT2D eigenvalue weighted by molar-refractivity contribution is 0.0723. The Morgan fingerprint density at radius 2 is 1.77 bits per heavy atom. The fourth-order valence-electron chi connectivity index (χ4n) is 2.98. The second-order valence-electron chi connectivity index (χ2n) is 6.19. The van der Waals surface area contributed by atoms with Crippen LogP contribution in [0.4, 0.5) is 5.95 Å². The number of anilines is 1. The zero-order chi connectivity index (χ0) is 18.4. The Morgan fingerprint density at radius 1 is 1.08 bits per heavy atom. The molecule has 1 aromatic carbocycles. The molecule has 1 aromatic heterocycles. The molecule has 0 saturated carbocycles. The topological polar surface area (TPSA) is 76.6 Å². The molecule has 1 aliphatic heterocycles. The van der Waals surface area contributed by atoms with Crippen LogP contribution in [0.15, 0.2) is 30.6 Å². The first kappa shape index (κ1) is 18.0. The molecule has 7 nitrogen and oxygen atoms in total. The number of amides is 1. The maximum atomic E-state index is 12.4. The van der Waals surface area contributed by atoms with Crippen molar-refractivity contribution in [3.63, 3.8) is 0 Å². The summed E-state index contributed by atoms with van der Waals surface area (Å²) in [5.74, 6) is 1.86. The number of aromatic nitrogens is 2. The van der Waals surface area contributed by atoms with Crippen molar-refractivity contribution in [1.82, 2.24) is 14.9 Å². The van der Waals surface area contributed by atoms with Crippen molar-refractivity contribution >= 4 is 11.9 Å². The van der Waals surface area contributed by atoms with Crippen LogP contribution in [0, 0.1) is 0 Å². The average molecular weight is 356 g/mol. The van der Waals surface area contributed by atoms with Gasteiger partial charge in [-0.15, -0.1) is 0 Å². The summed E-state index contributed by atoms with van der Waals surface area (Å²) in [7, 11) is 3.21. The van der Waals surface area contributed by atoms with E-state index in [4.69, 9.17) is 9.47 Å². The molecule has 0 aliphatic carbocycles. The highest BCUT2D eigenvalue weighted by Gasteiger charge is 2.18. The summed E-state index contributed by atoms with van der Waals surface area (Å²) in [6.07, 6.45) is 6.50. The number of hydrogen-bond acceptors (Lipinski definition) is 6. The molecule has 7 heteroatoms. The van der Waals surface area contributed by atoms with Crippen LogP contribution in [-0.4, -0.2) is 48.1 Å². The second kappa shape index (κ2) is 8.51. The van der Waals surface area contributed by atoms with Crippen LogP contribution in [0.25, 0.3) is 0 Å². The molecular weight excluding hydrogens is 332 g/mol. The van der Waals surface area contributed by atoms with Gasteiger partial charge in [0.05, 0.1) is 19.8 Å². The van der Waals surface area contributed by atoms with E-state index in [1.54, 1.807) is 26.6 Å². The number of nitrogens with zero attached hydrogens (tertiary/aromatic N) is 3. The van der Waals surface area contributed by atoms with E-state index < -0.39 is 0 Å². The van der Waals surface area contributed by atoms with Gasteiger partial charge in [-0.3, -0.25) is 4.79 Å². The highest BCUT2D eigenvalue weighted by atomic mass is 16.5. The zero-order valence-corrected chi connectivity index (χ0v) is 15.2. The second-order valence-corrected chi connectivity index (χ2v) is 6.19. The zero-order valence-electron chi connectivity index (χ0n) is 15.2.